The predicted octanol–water partition coefficient (Wildman–Crippen LogP) is 7.28. The molecule has 0 heterocycles. The Labute approximate surface area is 221 Å². The minimum Gasteiger partial charge on any atom is -0.423 e. The highest BCUT2D eigenvalue weighted by molar-refractivity contribution is 6.53. The van der Waals surface area contributed by atoms with Crippen molar-refractivity contribution in [2.75, 3.05) is 11.1 Å². The number of rotatable bonds is 5. The number of esters is 1. The van der Waals surface area contributed by atoms with Gasteiger partial charge in [-0.1, -0.05) is 34.8 Å². The number of aryl methyl sites for hydroxylation is 1. The van der Waals surface area contributed by atoms with Crippen molar-refractivity contribution in [1.29, 1.82) is 0 Å². The second-order valence-corrected chi connectivity index (χ2v) is 10.6. The molecule has 1 fully saturated rings. The van der Waals surface area contributed by atoms with Gasteiger partial charge in [0, 0.05) is 27.3 Å². The molecule has 34 heavy (non-hydrogen) atoms. The van der Waals surface area contributed by atoms with E-state index in [-0.39, 0.29) is 10.6 Å². The number of anilines is 2. The summed E-state index contributed by atoms with van der Waals surface area (Å²) in [5.41, 5.74) is 8.20. The number of benzene rings is 3. The molecule has 0 saturated heterocycles. The molecule has 0 bridgehead atoms. The van der Waals surface area contributed by atoms with Crippen LogP contribution in [0, 0.1) is 12.8 Å². The normalized spacial score (nSPS) is 18.3. The lowest BCUT2D eigenvalue weighted by molar-refractivity contribution is -0.117. The minimum atomic E-state index is -1.33. The van der Waals surface area contributed by atoms with Gasteiger partial charge in [-0.2, -0.15) is 0 Å². The van der Waals surface area contributed by atoms with Gasteiger partial charge in [-0.25, -0.2) is 4.79 Å². The second kappa shape index (κ2) is 9.48. The molecule has 1 amide bonds. The lowest BCUT2D eigenvalue weighted by Gasteiger charge is -2.10. The number of nitrogen functional groups attached to an aromatic ring is 1. The van der Waals surface area contributed by atoms with Crippen molar-refractivity contribution in [3.8, 4) is 5.75 Å². The van der Waals surface area contributed by atoms with E-state index in [9.17, 15) is 9.59 Å². The molecular weight excluding hydrogens is 542 g/mol. The van der Waals surface area contributed by atoms with Crippen molar-refractivity contribution < 1.29 is 14.3 Å². The number of hydrogen-bond acceptors (Lipinski definition) is 4. The molecule has 4 rings (SSSR count). The average Bonchev–Trinajstić information content (AvgIpc) is 3.33. The zero-order valence-corrected chi connectivity index (χ0v) is 21.3. The molecule has 0 aromatic heterocycles. The van der Waals surface area contributed by atoms with Gasteiger partial charge < -0.3 is 15.8 Å². The maximum absolute atomic E-state index is 13.0. The van der Waals surface area contributed by atoms with Crippen molar-refractivity contribution in [2.45, 2.75) is 17.2 Å². The molecule has 0 radical (unpaired) electrons. The number of nitrogens with one attached hydrogen (secondary N) is 1. The Kier molecular flexibility index (Phi) is 6.96. The van der Waals surface area contributed by atoms with Crippen LogP contribution in [0.2, 0.25) is 15.1 Å². The molecule has 3 aromatic rings. The quantitative estimate of drug-likeness (QED) is 0.149. The highest BCUT2D eigenvalue weighted by atomic mass is 35.5. The Morgan fingerprint density at radius 3 is 2.29 bits per heavy atom. The Morgan fingerprint density at radius 1 is 0.971 bits per heavy atom. The highest BCUT2D eigenvalue weighted by Crippen LogP contribution is 2.65. The van der Waals surface area contributed by atoms with Crippen LogP contribution in [0.25, 0.3) is 0 Å². The highest BCUT2D eigenvalue weighted by Gasteiger charge is 2.67. The van der Waals surface area contributed by atoms with E-state index in [4.69, 9.17) is 68.5 Å². The van der Waals surface area contributed by atoms with Crippen LogP contribution < -0.4 is 15.8 Å². The number of alkyl halides is 2. The van der Waals surface area contributed by atoms with E-state index in [0.717, 1.165) is 5.56 Å². The van der Waals surface area contributed by atoms with Crippen LogP contribution in [0.15, 0.2) is 54.6 Å². The third kappa shape index (κ3) is 5.09. The summed E-state index contributed by atoms with van der Waals surface area (Å²) >= 11 is 31.2. The third-order valence-corrected chi connectivity index (χ3v) is 7.19. The van der Waals surface area contributed by atoms with E-state index in [2.05, 4.69) is 5.32 Å². The van der Waals surface area contributed by atoms with Gasteiger partial charge >= 0.3 is 5.97 Å². The van der Waals surface area contributed by atoms with Gasteiger partial charge in [0.05, 0.1) is 16.5 Å². The molecular formula is C24H17Cl5N2O3. The van der Waals surface area contributed by atoms with Gasteiger partial charge in [0.15, 0.2) is 0 Å². The first-order valence-corrected chi connectivity index (χ1v) is 11.9. The van der Waals surface area contributed by atoms with Gasteiger partial charge in [0.25, 0.3) is 0 Å². The number of hydrogen-bond donors (Lipinski definition) is 2. The monoisotopic (exact) mass is 556 g/mol. The van der Waals surface area contributed by atoms with E-state index in [1.807, 2.05) is 0 Å². The van der Waals surface area contributed by atoms with Gasteiger partial charge in [-0.3, -0.25) is 4.79 Å². The molecule has 3 aromatic carbocycles. The lowest BCUT2D eigenvalue weighted by Crippen LogP contribution is -2.18. The van der Waals surface area contributed by atoms with E-state index in [1.165, 1.54) is 12.1 Å². The number of carbonyl (C=O) groups excluding carboxylic acids is 2. The first-order chi connectivity index (χ1) is 16.0. The maximum Gasteiger partial charge on any atom is 0.345 e. The number of ether oxygens (including phenoxy) is 1. The number of halogens is 5. The van der Waals surface area contributed by atoms with Crippen LogP contribution in [0.3, 0.4) is 0 Å². The summed E-state index contributed by atoms with van der Waals surface area (Å²) in [6.07, 6.45) is 0. The summed E-state index contributed by atoms with van der Waals surface area (Å²) in [4.78, 5) is 25.7. The fraction of sp³-hybridized carbons (Fsp3) is 0.167. The van der Waals surface area contributed by atoms with Crippen LogP contribution in [0.1, 0.15) is 27.4 Å². The van der Waals surface area contributed by atoms with E-state index in [1.54, 1.807) is 49.4 Å². The number of nitrogens with two attached hydrogens (primary N) is 1. The fourth-order valence-corrected chi connectivity index (χ4v) is 5.24. The SMILES string of the molecule is Cc1cc(OC(=O)c2cc(NC(=O)[C@H]3[C@H](c4cc(Cl)cc(Cl)c4)C3(Cl)Cl)ccc2Cl)ccc1N. The zero-order valence-electron chi connectivity index (χ0n) is 17.5. The second-order valence-electron chi connectivity index (χ2n) is 7.92. The summed E-state index contributed by atoms with van der Waals surface area (Å²) in [6, 6.07) is 14.2. The summed E-state index contributed by atoms with van der Waals surface area (Å²) < 4.78 is 4.07. The van der Waals surface area contributed by atoms with Crippen molar-refractivity contribution >= 4 is 81.3 Å². The van der Waals surface area contributed by atoms with E-state index in [0.29, 0.717) is 32.7 Å². The Balaban J connectivity index is 1.51. The number of carbonyl (C=O) groups is 2. The molecule has 5 nitrogen and oxygen atoms in total. The topological polar surface area (TPSA) is 81.4 Å². The van der Waals surface area contributed by atoms with Crippen LogP contribution in [0.5, 0.6) is 5.75 Å². The predicted molar refractivity (Wildman–Crippen MR) is 138 cm³/mol. The third-order valence-electron chi connectivity index (χ3n) is 5.49. The molecule has 2 atom stereocenters. The van der Waals surface area contributed by atoms with Gasteiger partial charge in [-0.15, -0.1) is 23.2 Å². The summed E-state index contributed by atoms with van der Waals surface area (Å²) in [7, 11) is 0. The first-order valence-electron chi connectivity index (χ1n) is 10.00. The van der Waals surface area contributed by atoms with E-state index >= 15 is 0 Å². The molecule has 1 aliphatic rings. The zero-order chi connectivity index (χ0) is 24.8. The summed E-state index contributed by atoms with van der Waals surface area (Å²) in [5.74, 6) is -2.06. The fourth-order valence-electron chi connectivity index (χ4n) is 3.68. The van der Waals surface area contributed by atoms with Crippen LogP contribution in [-0.2, 0) is 4.79 Å². The molecule has 0 spiro atoms. The molecule has 1 aliphatic carbocycles. The minimum absolute atomic E-state index is 0.0749. The molecule has 3 N–H and O–H groups in total. The number of amides is 1. The average molecular weight is 559 g/mol. The molecule has 0 aliphatic heterocycles. The summed E-state index contributed by atoms with van der Waals surface area (Å²) in [6.45, 7) is 1.80. The van der Waals surface area contributed by atoms with Crippen molar-refractivity contribution in [1.82, 2.24) is 0 Å². The van der Waals surface area contributed by atoms with Crippen molar-refractivity contribution in [3.63, 3.8) is 0 Å². The van der Waals surface area contributed by atoms with Crippen molar-refractivity contribution in [2.24, 2.45) is 5.92 Å². The van der Waals surface area contributed by atoms with Crippen molar-refractivity contribution in [3.05, 3.63) is 86.4 Å². The van der Waals surface area contributed by atoms with Gasteiger partial charge in [0.2, 0.25) is 5.91 Å². The molecule has 0 unspecified atom stereocenters. The van der Waals surface area contributed by atoms with E-state index < -0.39 is 28.0 Å². The Bertz CT molecular complexity index is 1290. The Morgan fingerprint density at radius 2 is 1.65 bits per heavy atom. The maximum atomic E-state index is 13.0. The van der Waals surface area contributed by atoms with Gasteiger partial charge in [-0.05, 0) is 72.6 Å². The standard InChI is InChI=1S/C24H17Cl5N2O3/c1-11-6-16(3-5-19(11)30)34-23(33)17-10-15(2-4-18(17)27)31-22(32)21-20(24(21,28)29)12-7-13(25)9-14(26)8-12/h2-10,20-21H,30H2,1H3,(H,31,32)/t20-,21+/m0/s1. The largest absolute Gasteiger partial charge is 0.423 e. The molecule has 176 valence electrons. The lowest BCUT2D eigenvalue weighted by atomic mass is 10.1. The Hall–Kier alpha value is -2.15. The van der Waals surface area contributed by atoms with Crippen LogP contribution >= 0.6 is 58.0 Å². The summed E-state index contributed by atoms with van der Waals surface area (Å²) in [5, 5.41) is 3.72. The van der Waals surface area contributed by atoms with Crippen LogP contribution in [-0.4, -0.2) is 16.2 Å². The smallest absolute Gasteiger partial charge is 0.345 e. The molecule has 10 heteroatoms. The molecule has 1 saturated carbocycles. The van der Waals surface area contributed by atoms with Gasteiger partial charge in [0.1, 0.15) is 10.1 Å². The van der Waals surface area contributed by atoms with Crippen LogP contribution in [0.4, 0.5) is 11.4 Å². The first kappa shape index (κ1) is 25.0.